The van der Waals surface area contributed by atoms with Crippen molar-refractivity contribution in [3.63, 3.8) is 0 Å². The van der Waals surface area contributed by atoms with Crippen LogP contribution < -0.4 is 0 Å². The van der Waals surface area contributed by atoms with Gasteiger partial charge >= 0.3 is 6.11 Å². The van der Waals surface area contributed by atoms with E-state index in [1.54, 1.807) is 0 Å². The monoisotopic (exact) mass is 256 g/mol. The topological polar surface area (TPSA) is 35.5 Å². The van der Waals surface area contributed by atoms with Crippen molar-refractivity contribution in [2.24, 2.45) is 5.92 Å². The number of hydrogen-bond acceptors (Lipinski definition) is 4. The number of carbonyl (C=O) groups excluding carboxylic acids is 1. The molecule has 16 heavy (non-hydrogen) atoms. The lowest BCUT2D eigenvalue weighted by molar-refractivity contribution is -0.426. The van der Waals surface area contributed by atoms with Crippen LogP contribution in [-0.4, -0.2) is 24.2 Å². The Morgan fingerprint density at radius 2 is 2.25 bits per heavy atom. The highest BCUT2D eigenvalue weighted by Crippen LogP contribution is 2.44. The van der Waals surface area contributed by atoms with Gasteiger partial charge in [-0.1, -0.05) is 6.58 Å². The van der Waals surface area contributed by atoms with Crippen molar-refractivity contribution in [2.45, 2.75) is 25.8 Å². The van der Waals surface area contributed by atoms with Crippen molar-refractivity contribution in [1.82, 2.24) is 0 Å². The molecule has 0 N–H and O–H groups in total. The smallest absolute Gasteiger partial charge is 0.308 e. The van der Waals surface area contributed by atoms with E-state index in [0.29, 0.717) is 17.6 Å². The average Bonchev–Trinajstić information content (AvgIpc) is 2.15. The SMILES string of the molecule is C=C(C)C(=O)SOCCC1C(F)OC1(F)F. The highest BCUT2D eigenvalue weighted by molar-refractivity contribution is 8.10. The molecule has 2 atom stereocenters. The van der Waals surface area contributed by atoms with E-state index in [4.69, 9.17) is 4.18 Å². The summed E-state index contributed by atoms with van der Waals surface area (Å²) in [6.07, 6.45) is -5.59. The zero-order valence-electron chi connectivity index (χ0n) is 8.54. The highest BCUT2D eigenvalue weighted by Gasteiger charge is 2.58. The molecule has 1 saturated heterocycles. The molecule has 7 heteroatoms. The Labute approximate surface area is 95.2 Å². The van der Waals surface area contributed by atoms with Crippen LogP contribution in [-0.2, 0) is 13.7 Å². The second-order valence-corrected chi connectivity index (χ2v) is 4.17. The van der Waals surface area contributed by atoms with Gasteiger partial charge in [0.1, 0.15) is 5.92 Å². The number of rotatable bonds is 5. The molecule has 0 aromatic carbocycles. The maximum atomic E-state index is 12.6. The number of halogens is 3. The van der Waals surface area contributed by atoms with E-state index in [9.17, 15) is 18.0 Å². The number of hydrogen-bond donors (Lipinski definition) is 0. The largest absolute Gasteiger partial charge is 0.366 e. The van der Waals surface area contributed by atoms with Crippen LogP contribution in [0.2, 0.25) is 0 Å². The Morgan fingerprint density at radius 1 is 1.62 bits per heavy atom. The molecule has 0 aromatic heterocycles. The van der Waals surface area contributed by atoms with Crippen molar-refractivity contribution in [2.75, 3.05) is 6.61 Å². The van der Waals surface area contributed by atoms with Gasteiger partial charge in [0, 0.05) is 0 Å². The van der Waals surface area contributed by atoms with Crippen LogP contribution in [0.5, 0.6) is 0 Å². The summed E-state index contributed by atoms with van der Waals surface area (Å²) in [4.78, 5) is 11.0. The molecule has 1 aliphatic rings. The molecule has 0 radical (unpaired) electrons. The summed E-state index contributed by atoms with van der Waals surface area (Å²) in [5.74, 6) is -1.49. The third kappa shape index (κ3) is 3.23. The van der Waals surface area contributed by atoms with Crippen LogP contribution in [0.1, 0.15) is 13.3 Å². The second-order valence-electron chi connectivity index (χ2n) is 3.40. The molecule has 1 heterocycles. The maximum Gasteiger partial charge on any atom is 0.366 e. The predicted octanol–water partition coefficient (Wildman–Crippen LogP) is 2.68. The lowest BCUT2D eigenvalue weighted by Crippen LogP contribution is -2.52. The molecule has 0 saturated carbocycles. The van der Waals surface area contributed by atoms with Crippen LogP contribution in [0.4, 0.5) is 13.2 Å². The lowest BCUT2D eigenvalue weighted by atomic mass is 10.0. The van der Waals surface area contributed by atoms with Gasteiger partial charge in [-0.3, -0.25) is 9.53 Å². The van der Waals surface area contributed by atoms with Gasteiger partial charge in [-0.2, -0.15) is 8.78 Å². The first-order valence-corrected chi connectivity index (χ1v) is 5.27. The van der Waals surface area contributed by atoms with Crippen LogP contribution in [0.3, 0.4) is 0 Å². The molecule has 92 valence electrons. The maximum absolute atomic E-state index is 12.6. The minimum absolute atomic E-state index is 0.145. The Morgan fingerprint density at radius 3 is 2.69 bits per heavy atom. The van der Waals surface area contributed by atoms with Crippen molar-refractivity contribution < 1.29 is 26.9 Å². The van der Waals surface area contributed by atoms with Gasteiger partial charge in [0.15, 0.2) is 0 Å². The van der Waals surface area contributed by atoms with Crippen molar-refractivity contribution in [1.29, 1.82) is 0 Å². The van der Waals surface area contributed by atoms with E-state index >= 15 is 0 Å². The van der Waals surface area contributed by atoms with Crippen molar-refractivity contribution >= 4 is 17.2 Å². The van der Waals surface area contributed by atoms with Crippen LogP contribution in [0.25, 0.3) is 0 Å². The molecule has 3 nitrogen and oxygen atoms in total. The molecule has 1 aliphatic heterocycles. The van der Waals surface area contributed by atoms with E-state index < -0.39 is 18.4 Å². The van der Waals surface area contributed by atoms with Crippen LogP contribution in [0.15, 0.2) is 12.2 Å². The van der Waals surface area contributed by atoms with E-state index in [-0.39, 0.29) is 18.1 Å². The molecule has 0 spiro atoms. The van der Waals surface area contributed by atoms with Crippen molar-refractivity contribution in [3.8, 4) is 0 Å². The molecule has 1 fully saturated rings. The van der Waals surface area contributed by atoms with E-state index in [1.165, 1.54) is 6.92 Å². The first kappa shape index (κ1) is 13.5. The molecular formula is C9H11F3O3S. The second kappa shape index (κ2) is 5.20. The summed E-state index contributed by atoms with van der Waals surface area (Å²) < 4.78 is 46.0. The minimum atomic E-state index is -3.42. The quantitative estimate of drug-likeness (QED) is 0.430. The highest BCUT2D eigenvalue weighted by atomic mass is 32.2. The third-order valence-corrected chi connectivity index (χ3v) is 2.80. The zero-order valence-corrected chi connectivity index (χ0v) is 9.36. The van der Waals surface area contributed by atoms with Crippen molar-refractivity contribution in [3.05, 3.63) is 12.2 Å². The number of alkyl halides is 3. The molecule has 1 rings (SSSR count). The standard InChI is InChI=1S/C9H11F3O3S/c1-5(2)8(13)16-14-4-3-6-7(10)15-9(6,11)12/h6-7H,1,3-4H2,2H3. The summed E-state index contributed by atoms with van der Waals surface area (Å²) in [5.41, 5.74) is 0.297. The van der Waals surface area contributed by atoms with Crippen LogP contribution in [0, 0.1) is 5.92 Å². The fourth-order valence-corrected chi connectivity index (χ4v) is 1.47. The van der Waals surface area contributed by atoms with Gasteiger partial charge in [0.2, 0.25) is 11.5 Å². The van der Waals surface area contributed by atoms with Gasteiger partial charge in [0.05, 0.1) is 18.6 Å². The van der Waals surface area contributed by atoms with E-state index in [1.807, 2.05) is 0 Å². The third-order valence-electron chi connectivity index (χ3n) is 2.01. The van der Waals surface area contributed by atoms with Gasteiger partial charge in [-0.25, -0.2) is 4.39 Å². The Hall–Kier alpha value is -0.530. The fraction of sp³-hybridized carbons (Fsp3) is 0.667. The molecule has 0 bridgehead atoms. The molecule has 0 aromatic rings. The van der Waals surface area contributed by atoms with E-state index in [2.05, 4.69) is 11.3 Å². The molecule has 0 amide bonds. The normalized spacial score (nSPS) is 27.2. The van der Waals surface area contributed by atoms with Gasteiger partial charge in [0.25, 0.3) is 0 Å². The van der Waals surface area contributed by atoms with E-state index in [0.717, 1.165) is 0 Å². The first-order valence-electron chi connectivity index (χ1n) is 4.53. The Bertz CT molecular complexity index is 296. The zero-order chi connectivity index (χ0) is 12.3. The van der Waals surface area contributed by atoms with Gasteiger partial charge in [-0.15, -0.1) is 0 Å². The summed E-state index contributed by atoms with van der Waals surface area (Å²) in [6, 6.07) is 0. The molecule has 0 aliphatic carbocycles. The number of ether oxygens (including phenoxy) is 1. The van der Waals surface area contributed by atoms with Gasteiger partial charge in [-0.05, 0) is 18.9 Å². The first-order chi connectivity index (χ1) is 7.34. The molecular weight excluding hydrogens is 245 g/mol. The summed E-state index contributed by atoms with van der Waals surface area (Å²) in [5, 5.41) is -0.381. The van der Waals surface area contributed by atoms with Crippen LogP contribution >= 0.6 is 12.0 Å². The summed E-state index contributed by atoms with van der Waals surface area (Å²) in [7, 11) is 0. The fourth-order valence-electron chi connectivity index (χ4n) is 1.04. The number of carbonyl (C=O) groups is 1. The van der Waals surface area contributed by atoms with Gasteiger partial charge < -0.3 is 4.18 Å². The lowest BCUT2D eigenvalue weighted by Gasteiger charge is -2.38. The summed E-state index contributed by atoms with van der Waals surface area (Å²) >= 11 is 0.516. The Balaban J connectivity index is 2.17. The molecule has 2 unspecified atom stereocenters. The summed E-state index contributed by atoms with van der Waals surface area (Å²) in [6.45, 7) is 4.74. The minimum Gasteiger partial charge on any atom is -0.308 e. The predicted molar refractivity (Wildman–Crippen MR) is 52.4 cm³/mol. The average molecular weight is 256 g/mol. The Kier molecular flexibility index (Phi) is 4.40.